The average Bonchev–Trinajstić information content (AvgIpc) is 2.39. The first-order valence-electron chi connectivity index (χ1n) is 6.45. The molecule has 1 heterocycles. The van der Waals surface area contributed by atoms with Gasteiger partial charge in [-0.2, -0.15) is 0 Å². The van der Waals surface area contributed by atoms with Gasteiger partial charge in [0, 0.05) is 6.04 Å². The van der Waals surface area contributed by atoms with Crippen molar-refractivity contribution in [3.05, 3.63) is 30.6 Å². The highest BCUT2D eigenvalue weighted by atomic mass is 16.5. The van der Waals surface area contributed by atoms with Crippen molar-refractivity contribution < 1.29 is 4.74 Å². The minimum Gasteiger partial charge on any atom is -0.474 e. The molecule has 1 aromatic heterocycles. The smallest absolute Gasteiger partial charge is 0.224 e. The van der Waals surface area contributed by atoms with Gasteiger partial charge in [0.05, 0.1) is 10.9 Å². The molecule has 1 fully saturated rings. The van der Waals surface area contributed by atoms with Gasteiger partial charge in [-0.25, -0.2) is 9.97 Å². The van der Waals surface area contributed by atoms with Crippen molar-refractivity contribution in [3.63, 3.8) is 0 Å². The molecule has 4 nitrogen and oxygen atoms in total. The predicted molar refractivity (Wildman–Crippen MR) is 70.4 cm³/mol. The number of benzene rings is 1. The summed E-state index contributed by atoms with van der Waals surface area (Å²) in [6, 6.07) is 8.17. The number of para-hydroxylation sites is 1. The van der Waals surface area contributed by atoms with Gasteiger partial charge in [-0.1, -0.05) is 12.1 Å². The lowest BCUT2D eigenvalue weighted by Gasteiger charge is -2.27. The average molecular weight is 243 g/mol. The third-order valence-corrected chi connectivity index (χ3v) is 3.45. The van der Waals surface area contributed by atoms with Crippen LogP contribution >= 0.6 is 0 Å². The molecule has 18 heavy (non-hydrogen) atoms. The molecule has 1 aliphatic rings. The standard InChI is InChI=1S/C14H17N3O/c15-10-4-3-5-11(8-10)18-14-12-6-1-2-7-13(12)16-9-17-14/h1-2,6-7,9-11H,3-5,8,15H2. The van der Waals surface area contributed by atoms with E-state index in [0.717, 1.165) is 36.6 Å². The fourth-order valence-electron chi connectivity index (χ4n) is 2.52. The molecule has 2 unspecified atom stereocenters. The summed E-state index contributed by atoms with van der Waals surface area (Å²) in [7, 11) is 0. The number of hydrogen-bond donors (Lipinski definition) is 1. The maximum Gasteiger partial charge on any atom is 0.224 e. The van der Waals surface area contributed by atoms with Crippen LogP contribution in [0.3, 0.4) is 0 Å². The van der Waals surface area contributed by atoms with Crippen LogP contribution in [-0.4, -0.2) is 22.1 Å². The Morgan fingerprint density at radius 2 is 2.06 bits per heavy atom. The van der Waals surface area contributed by atoms with Gasteiger partial charge in [0.15, 0.2) is 0 Å². The number of fused-ring (bicyclic) bond motifs is 1. The minimum atomic E-state index is 0.187. The van der Waals surface area contributed by atoms with E-state index in [2.05, 4.69) is 9.97 Å². The highest BCUT2D eigenvalue weighted by molar-refractivity contribution is 5.82. The number of nitrogens with zero attached hydrogens (tertiary/aromatic N) is 2. The van der Waals surface area contributed by atoms with Crippen molar-refractivity contribution in [2.45, 2.75) is 37.8 Å². The number of hydrogen-bond acceptors (Lipinski definition) is 4. The summed E-state index contributed by atoms with van der Waals surface area (Å²) in [6.07, 6.45) is 5.95. The molecule has 1 aliphatic carbocycles. The van der Waals surface area contributed by atoms with Crippen molar-refractivity contribution in [2.75, 3.05) is 0 Å². The maximum atomic E-state index is 6.01. The van der Waals surface area contributed by atoms with Crippen LogP contribution in [0, 0.1) is 0 Å². The lowest BCUT2D eigenvalue weighted by Crippen LogP contribution is -2.33. The molecule has 94 valence electrons. The predicted octanol–water partition coefficient (Wildman–Crippen LogP) is 2.28. The van der Waals surface area contributed by atoms with E-state index in [1.165, 1.54) is 0 Å². The van der Waals surface area contributed by atoms with Crippen LogP contribution in [0.2, 0.25) is 0 Å². The molecule has 3 rings (SSSR count). The summed E-state index contributed by atoms with van der Waals surface area (Å²) in [5, 5.41) is 0.971. The fourth-order valence-corrected chi connectivity index (χ4v) is 2.52. The van der Waals surface area contributed by atoms with E-state index in [9.17, 15) is 0 Å². The second-order valence-corrected chi connectivity index (χ2v) is 4.86. The van der Waals surface area contributed by atoms with Crippen molar-refractivity contribution in [2.24, 2.45) is 5.73 Å². The van der Waals surface area contributed by atoms with E-state index in [4.69, 9.17) is 10.5 Å². The summed E-state index contributed by atoms with van der Waals surface area (Å²) in [5.74, 6) is 0.680. The van der Waals surface area contributed by atoms with Crippen LogP contribution < -0.4 is 10.5 Å². The second kappa shape index (κ2) is 4.90. The van der Waals surface area contributed by atoms with E-state index in [-0.39, 0.29) is 12.1 Å². The first-order chi connectivity index (χ1) is 8.83. The quantitative estimate of drug-likeness (QED) is 0.879. The Labute approximate surface area is 106 Å². The molecule has 0 spiro atoms. The minimum absolute atomic E-state index is 0.187. The van der Waals surface area contributed by atoms with Crippen molar-refractivity contribution in [1.29, 1.82) is 0 Å². The van der Waals surface area contributed by atoms with E-state index in [1.54, 1.807) is 6.33 Å². The van der Waals surface area contributed by atoms with Crippen molar-refractivity contribution >= 4 is 10.9 Å². The van der Waals surface area contributed by atoms with Gasteiger partial charge in [-0.3, -0.25) is 0 Å². The normalized spacial score (nSPS) is 24.1. The van der Waals surface area contributed by atoms with Crippen LogP contribution in [0.15, 0.2) is 30.6 Å². The third kappa shape index (κ3) is 2.29. The Kier molecular flexibility index (Phi) is 3.11. The zero-order chi connectivity index (χ0) is 12.4. The molecule has 0 radical (unpaired) electrons. The third-order valence-electron chi connectivity index (χ3n) is 3.45. The molecule has 2 aromatic rings. The van der Waals surface area contributed by atoms with Gasteiger partial charge in [0.2, 0.25) is 5.88 Å². The lowest BCUT2D eigenvalue weighted by molar-refractivity contribution is 0.140. The van der Waals surface area contributed by atoms with Crippen LogP contribution in [0.1, 0.15) is 25.7 Å². The number of rotatable bonds is 2. The molecular formula is C14H17N3O. The highest BCUT2D eigenvalue weighted by Crippen LogP contribution is 2.26. The van der Waals surface area contributed by atoms with E-state index in [1.807, 2.05) is 24.3 Å². The van der Waals surface area contributed by atoms with Crippen LogP contribution in [0.4, 0.5) is 0 Å². The lowest BCUT2D eigenvalue weighted by atomic mass is 9.93. The Morgan fingerprint density at radius 1 is 1.17 bits per heavy atom. The van der Waals surface area contributed by atoms with Crippen molar-refractivity contribution in [3.8, 4) is 5.88 Å². The summed E-state index contributed by atoms with van der Waals surface area (Å²) >= 11 is 0. The Morgan fingerprint density at radius 3 is 2.94 bits per heavy atom. The van der Waals surface area contributed by atoms with E-state index >= 15 is 0 Å². The van der Waals surface area contributed by atoms with Crippen molar-refractivity contribution in [1.82, 2.24) is 9.97 Å². The number of aromatic nitrogens is 2. The van der Waals surface area contributed by atoms with Crippen LogP contribution in [-0.2, 0) is 0 Å². The molecule has 4 heteroatoms. The summed E-state index contributed by atoms with van der Waals surface area (Å²) in [5.41, 5.74) is 6.90. The Bertz CT molecular complexity index is 538. The van der Waals surface area contributed by atoms with Crippen LogP contribution in [0.25, 0.3) is 10.9 Å². The summed E-state index contributed by atoms with van der Waals surface area (Å²) < 4.78 is 6.01. The fraction of sp³-hybridized carbons (Fsp3) is 0.429. The topological polar surface area (TPSA) is 61.0 Å². The van der Waals surface area contributed by atoms with Crippen LogP contribution in [0.5, 0.6) is 5.88 Å². The molecule has 0 aliphatic heterocycles. The zero-order valence-electron chi connectivity index (χ0n) is 10.2. The van der Waals surface area contributed by atoms with Gasteiger partial charge < -0.3 is 10.5 Å². The second-order valence-electron chi connectivity index (χ2n) is 4.86. The van der Waals surface area contributed by atoms with E-state index in [0.29, 0.717) is 5.88 Å². The van der Waals surface area contributed by atoms with Gasteiger partial charge in [-0.05, 0) is 37.8 Å². The highest BCUT2D eigenvalue weighted by Gasteiger charge is 2.21. The molecule has 0 bridgehead atoms. The van der Waals surface area contributed by atoms with Gasteiger partial charge in [0.1, 0.15) is 12.4 Å². The number of nitrogens with two attached hydrogens (primary N) is 1. The monoisotopic (exact) mass is 243 g/mol. The van der Waals surface area contributed by atoms with Gasteiger partial charge >= 0.3 is 0 Å². The summed E-state index contributed by atoms with van der Waals surface area (Å²) in [4.78, 5) is 8.49. The SMILES string of the molecule is NC1CCCC(Oc2ncnc3ccccc23)C1. The summed E-state index contributed by atoms with van der Waals surface area (Å²) in [6.45, 7) is 0. The molecule has 2 N–H and O–H groups in total. The first kappa shape index (κ1) is 11.4. The maximum absolute atomic E-state index is 6.01. The number of ether oxygens (including phenoxy) is 1. The zero-order valence-corrected chi connectivity index (χ0v) is 10.2. The van der Waals surface area contributed by atoms with Gasteiger partial charge in [0.25, 0.3) is 0 Å². The molecule has 1 aromatic carbocycles. The molecule has 2 atom stereocenters. The van der Waals surface area contributed by atoms with E-state index < -0.39 is 0 Å². The molecule has 0 saturated heterocycles. The first-order valence-corrected chi connectivity index (χ1v) is 6.45. The molecule has 1 saturated carbocycles. The Hall–Kier alpha value is -1.68. The molecule has 0 amide bonds. The largest absolute Gasteiger partial charge is 0.474 e. The Balaban J connectivity index is 1.86. The molecular weight excluding hydrogens is 226 g/mol. The van der Waals surface area contributed by atoms with Gasteiger partial charge in [-0.15, -0.1) is 0 Å².